The summed E-state index contributed by atoms with van der Waals surface area (Å²) in [6.07, 6.45) is 1.86. The van der Waals surface area contributed by atoms with Crippen molar-refractivity contribution < 1.29 is 4.79 Å². The molecular weight excluding hydrogens is 260 g/mol. The third-order valence-corrected chi connectivity index (χ3v) is 3.15. The van der Waals surface area contributed by atoms with E-state index in [1.165, 1.54) is 5.01 Å². The maximum atomic E-state index is 11.8. The molecule has 19 heavy (non-hydrogen) atoms. The molecule has 0 saturated heterocycles. The van der Waals surface area contributed by atoms with Crippen molar-refractivity contribution in [1.29, 1.82) is 0 Å². The molecule has 4 heteroatoms. The van der Waals surface area contributed by atoms with Gasteiger partial charge in [-0.05, 0) is 6.07 Å². The van der Waals surface area contributed by atoms with E-state index in [4.69, 9.17) is 11.6 Å². The lowest BCUT2D eigenvalue weighted by Crippen LogP contribution is -2.32. The third kappa shape index (κ3) is 3.36. The highest BCUT2D eigenvalue weighted by molar-refractivity contribution is 6.34. The second-order valence-corrected chi connectivity index (χ2v) is 4.59. The first-order valence-electron chi connectivity index (χ1n) is 6.31. The summed E-state index contributed by atoms with van der Waals surface area (Å²) in [5.74, 6) is 5.89. The molecule has 0 radical (unpaired) electrons. The molecule has 1 aromatic rings. The van der Waals surface area contributed by atoms with Gasteiger partial charge >= 0.3 is 0 Å². The second-order valence-electron chi connectivity index (χ2n) is 4.19. The van der Waals surface area contributed by atoms with E-state index >= 15 is 0 Å². The zero-order chi connectivity index (χ0) is 13.7. The number of hydrogen-bond acceptors (Lipinski definition) is 2. The molecule has 98 valence electrons. The van der Waals surface area contributed by atoms with Crippen molar-refractivity contribution in [1.82, 2.24) is 5.01 Å². The van der Waals surface area contributed by atoms with Crippen molar-refractivity contribution in [3.05, 3.63) is 34.9 Å². The molecule has 3 nitrogen and oxygen atoms in total. The number of carbonyl (C=O) groups excluding carboxylic acids is 1. The first-order valence-corrected chi connectivity index (χ1v) is 6.68. The van der Waals surface area contributed by atoms with E-state index in [0.29, 0.717) is 24.4 Å². The average Bonchev–Trinajstić information content (AvgIpc) is 2.42. The van der Waals surface area contributed by atoms with Gasteiger partial charge < -0.3 is 0 Å². The van der Waals surface area contributed by atoms with Gasteiger partial charge in [-0.25, -0.2) is 5.01 Å². The number of rotatable bonds is 2. The molecule has 0 unspecified atom stereocenters. The minimum atomic E-state index is 0.0150. The van der Waals surface area contributed by atoms with E-state index in [1.54, 1.807) is 0 Å². The standard InChI is InChI=1S/C15H15ClN2O/c1-2-3-6-11-18-15(19)10-9-14(17-18)12-7-4-5-8-13(12)16/h4-5,7-8H,2,9-11H2,1H3. The summed E-state index contributed by atoms with van der Waals surface area (Å²) >= 11 is 6.16. The van der Waals surface area contributed by atoms with Gasteiger partial charge in [0.25, 0.3) is 0 Å². The number of benzene rings is 1. The molecule has 1 heterocycles. The molecule has 0 spiro atoms. The average molecular weight is 275 g/mol. The second kappa shape index (κ2) is 6.40. The lowest BCUT2D eigenvalue weighted by Gasteiger charge is -2.22. The Hall–Kier alpha value is -1.79. The van der Waals surface area contributed by atoms with Gasteiger partial charge in [0.2, 0.25) is 5.91 Å². The van der Waals surface area contributed by atoms with Gasteiger partial charge in [0.15, 0.2) is 0 Å². The summed E-state index contributed by atoms with van der Waals surface area (Å²) in [4.78, 5) is 11.8. The molecule has 0 bridgehead atoms. The summed E-state index contributed by atoms with van der Waals surface area (Å²) in [6, 6.07) is 7.55. The van der Waals surface area contributed by atoms with Gasteiger partial charge in [0.05, 0.1) is 5.71 Å². The van der Waals surface area contributed by atoms with Crippen LogP contribution in [0.2, 0.25) is 5.02 Å². The van der Waals surface area contributed by atoms with Crippen LogP contribution in [-0.4, -0.2) is 23.2 Å². The Labute approximate surface area is 118 Å². The number of nitrogens with zero attached hydrogens (tertiary/aromatic N) is 2. The van der Waals surface area contributed by atoms with Crippen LogP contribution in [0.15, 0.2) is 29.4 Å². The van der Waals surface area contributed by atoms with E-state index < -0.39 is 0 Å². The van der Waals surface area contributed by atoms with Crippen LogP contribution in [0.4, 0.5) is 0 Å². The quantitative estimate of drug-likeness (QED) is 0.763. The summed E-state index contributed by atoms with van der Waals surface area (Å²) < 4.78 is 0. The van der Waals surface area contributed by atoms with Crippen molar-refractivity contribution in [2.45, 2.75) is 26.2 Å². The lowest BCUT2D eigenvalue weighted by molar-refractivity contribution is -0.131. The number of carbonyl (C=O) groups is 1. The van der Waals surface area contributed by atoms with Crippen LogP contribution in [0.3, 0.4) is 0 Å². The van der Waals surface area contributed by atoms with E-state index in [-0.39, 0.29) is 5.91 Å². The maximum absolute atomic E-state index is 11.8. The number of hydrogen-bond donors (Lipinski definition) is 0. The van der Waals surface area contributed by atoms with Crippen molar-refractivity contribution in [3.63, 3.8) is 0 Å². The smallest absolute Gasteiger partial charge is 0.243 e. The number of halogens is 1. The number of amides is 1. The van der Waals surface area contributed by atoms with E-state index in [9.17, 15) is 4.79 Å². The zero-order valence-corrected chi connectivity index (χ0v) is 11.6. The fourth-order valence-electron chi connectivity index (χ4n) is 1.87. The Morgan fingerprint density at radius 3 is 2.84 bits per heavy atom. The molecule has 0 saturated carbocycles. The first-order chi connectivity index (χ1) is 9.22. The Morgan fingerprint density at radius 1 is 1.32 bits per heavy atom. The highest BCUT2D eigenvalue weighted by Gasteiger charge is 2.21. The molecule has 0 atom stereocenters. The molecule has 1 aliphatic rings. The molecule has 0 N–H and O–H groups in total. The monoisotopic (exact) mass is 274 g/mol. The van der Waals surface area contributed by atoms with Crippen LogP contribution in [0, 0.1) is 11.8 Å². The molecule has 0 fully saturated rings. The number of hydrazone groups is 1. The molecule has 2 rings (SSSR count). The topological polar surface area (TPSA) is 32.7 Å². The Morgan fingerprint density at radius 2 is 2.11 bits per heavy atom. The molecule has 1 aromatic carbocycles. The van der Waals surface area contributed by atoms with E-state index in [2.05, 4.69) is 16.9 Å². The summed E-state index contributed by atoms with van der Waals surface area (Å²) in [5, 5.41) is 6.48. The fraction of sp³-hybridized carbons (Fsp3) is 0.333. The summed E-state index contributed by atoms with van der Waals surface area (Å²) in [7, 11) is 0. The van der Waals surface area contributed by atoms with Gasteiger partial charge in [-0.3, -0.25) is 4.79 Å². The van der Waals surface area contributed by atoms with Gasteiger partial charge in [-0.2, -0.15) is 5.10 Å². The van der Waals surface area contributed by atoms with E-state index in [0.717, 1.165) is 17.7 Å². The Bertz CT molecular complexity index is 569. The van der Waals surface area contributed by atoms with Crippen LogP contribution >= 0.6 is 11.6 Å². The Balaban J connectivity index is 2.24. The van der Waals surface area contributed by atoms with Gasteiger partial charge in [-0.1, -0.05) is 42.6 Å². The fourth-order valence-corrected chi connectivity index (χ4v) is 2.11. The Kier molecular flexibility index (Phi) is 4.59. The normalized spacial score (nSPS) is 14.7. The molecule has 1 amide bonds. The zero-order valence-electron chi connectivity index (χ0n) is 10.8. The predicted octanol–water partition coefficient (Wildman–Crippen LogP) is 3.08. The van der Waals surface area contributed by atoms with Gasteiger partial charge in [0, 0.05) is 29.8 Å². The highest BCUT2D eigenvalue weighted by Crippen LogP contribution is 2.21. The van der Waals surface area contributed by atoms with Gasteiger partial charge in [-0.15, -0.1) is 5.92 Å². The van der Waals surface area contributed by atoms with Crippen LogP contribution in [0.5, 0.6) is 0 Å². The maximum Gasteiger partial charge on any atom is 0.243 e. The van der Waals surface area contributed by atoms with E-state index in [1.807, 2.05) is 31.2 Å². The summed E-state index contributed by atoms with van der Waals surface area (Å²) in [6.45, 7) is 2.32. The minimum absolute atomic E-state index is 0.0150. The van der Waals surface area contributed by atoms with Crippen molar-refractivity contribution in [2.24, 2.45) is 5.10 Å². The third-order valence-electron chi connectivity index (χ3n) is 2.82. The SMILES string of the molecule is CCC#CCN1N=C(c2ccccc2Cl)CCC1=O. The van der Waals surface area contributed by atoms with Crippen LogP contribution in [0.25, 0.3) is 0 Å². The van der Waals surface area contributed by atoms with Crippen LogP contribution < -0.4 is 0 Å². The molecule has 0 aromatic heterocycles. The van der Waals surface area contributed by atoms with Crippen LogP contribution in [0.1, 0.15) is 31.7 Å². The highest BCUT2D eigenvalue weighted by atomic mass is 35.5. The van der Waals surface area contributed by atoms with Crippen molar-refractivity contribution >= 4 is 23.2 Å². The predicted molar refractivity (Wildman–Crippen MR) is 77.0 cm³/mol. The van der Waals surface area contributed by atoms with Crippen molar-refractivity contribution in [3.8, 4) is 11.8 Å². The minimum Gasteiger partial charge on any atom is -0.273 e. The lowest BCUT2D eigenvalue weighted by atomic mass is 10.0. The summed E-state index contributed by atoms with van der Waals surface area (Å²) in [5.41, 5.74) is 1.74. The molecule has 0 aliphatic carbocycles. The van der Waals surface area contributed by atoms with Gasteiger partial charge in [0.1, 0.15) is 6.54 Å². The molecular formula is C15H15ClN2O. The molecule has 1 aliphatic heterocycles. The van der Waals surface area contributed by atoms with Crippen LogP contribution in [-0.2, 0) is 4.79 Å². The van der Waals surface area contributed by atoms with Crippen molar-refractivity contribution in [2.75, 3.05) is 6.54 Å². The first kappa shape index (κ1) is 13.6. The largest absolute Gasteiger partial charge is 0.273 e.